The summed E-state index contributed by atoms with van der Waals surface area (Å²) < 4.78 is 0. The van der Waals surface area contributed by atoms with Crippen molar-refractivity contribution >= 4 is 14.8 Å². The SMILES string of the molecule is Pc1ncc(-c2cn[nH]c2)cn1. The molecule has 0 saturated heterocycles. The minimum absolute atomic E-state index is 0.697. The number of hydrogen-bond donors (Lipinski definition) is 1. The molecule has 1 atom stereocenters. The summed E-state index contributed by atoms with van der Waals surface area (Å²) in [5, 5.41) is 6.57. The first-order valence-corrected chi connectivity index (χ1v) is 4.00. The Labute approximate surface area is 71.7 Å². The van der Waals surface area contributed by atoms with Crippen LogP contribution in [0.2, 0.25) is 0 Å². The van der Waals surface area contributed by atoms with E-state index in [-0.39, 0.29) is 0 Å². The van der Waals surface area contributed by atoms with E-state index in [1.807, 2.05) is 0 Å². The van der Waals surface area contributed by atoms with E-state index >= 15 is 0 Å². The third kappa shape index (κ3) is 1.34. The van der Waals surface area contributed by atoms with E-state index in [1.165, 1.54) is 0 Å². The van der Waals surface area contributed by atoms with Crippen LogP contribution in [0.1, 0.15) is 0 Å². The van der Waals surface area contributed by atoms with Gasteiger partial charge in [0.15, 0.2) is 0 Å². The maximum atomic E-state index is 4.05. The number of aromatic amines is 1. The average Bonchev–Trinajstić information content (AvgIpc) is 2.58. The van der Waals surface area contributed by atoms with Crippen LogP contribution in [0.5, 0.6) is 0 Å². The predicted molar refractivity (Wildman–Crippen MR) is 49.0 cm³/mol. The zero-order valence-corrected chi connectivity index (χ0v) is 7.38. The Kier molecular flexibility index (Phi) is 1.84. The number of hydrogen-bond acceptors (Lipinski definition) is 3. The van der Waals surface area contributed by atoms with E-state index in [0.717, 1.165) is 11.1 Å². The number of nitrogens with zero attached hydrogens (tertiary/aromatic N) is 3. The molecule has 0 spiro atoms. The van der Waals surface area contributed by atoms with Gasteiger partial charge < -0.3 is 0 Å². The summed E-state index contributed by atoms with van der Waals surface area (Å²) in [7, 11) is 2.44. The van der Waals surface area contributed by atoms with E-state index in [1.54, 1.807) is 24.8 Å². The summed E-state index contributed by atoms with van der Waals surface area (Å²) in [6.45, 7) is 0. The van der Waals surface area contributed by atoms with Crippen molar-refractivity contribution < 1.29 is 0 Å². The number of H-pyrrole nitrogens is 1. The summed E-state index contributed by atoms with van der Waals surface area (Å²) in [6.07, 6.45) is 7.07. The van der Waals surface area contributed by atoms with Crippen LogP contribution in [0.3, 0.4) is 0 Å². The summed E-state index contributed by atoms with van der Waals surface area (Å²) in [5.41, 5.74) is 2.66. The molecule has 0 fully saturated rings. The molecule has 4 nitrogen and oxygen atoms in total. The van der Waals surface area contributed by atoms with Gasteiger partial charge in [0.05, 0.1) is 6.20 Å². The van der Waals surface area contributed by atoms with E-state index in [0.29, 0.717) is 5.57 Å². The van der Waals surface area contributed by atoms with Gasteiger partial charge in [-0.3, -0.25) is 5.10 Å². The second kappa shape index (κ2) is 2.99. The third-order valence-electron chi connectivity index (χ3n) is 1.50. The van der Waals surface area contributed by atoms with Crippen molar-refractivity contribution in [3.8, 4) is 11.1 Å². The molecule has 0 aliphatic heterocycles. The maximum Gasteiger partial charge on any atom is 0.144 e. The molecule has 60 valence electrons. The van der Waals surface area contributed by atoms with Gasteiger partial charge in [0, 0.05) is 29.7 Å². The smallest absolute Gasteiger partial charge is 0.144 e. The van der Waals surface area contributed by atoms with Crippen molar-refractivity contribution in [3.63, 3.8) is 0 Å². The maximum absolute atomic E-state index is 4.05. The van der Waals surface area contributed by atoms with Gasteiger partial charge in [0.25, 0.3) is 0 Å². The normalized spacial score (nSPS) is 10.1. The lowest BCUT2D eigenvalue weighted by Gasteiger charge is -1.94. The van der Waals surface area contributed by atoms with Crippen LogP contribution in [-0.4, -0.2) is 20.2 Å². The molecule has 0 bridgehead atoms. The van der Waals surface area contributed by atoms with Gasteiger partial charge in [-0.25, -0.2) is 9.97 Å². The largest absolute Gasteiger partial charge is 0.285 e. The lowest BCUT2D eigenvalue weighted by molar-refractivity contribution is 1.09. The average molecular weight is 178 g/mol. The highest BCUT2D eigenvalue weighted by Gasteiger charge is 1.98. The molecule has 0 aromatic carbocycles. The van der Waals surface area contributed by atoms with E-state index < -0.39 is 0 Å². The van der Waals surface area contributed by atoms with Gasteiger partial charge in [0.2, 0.25) is 0 Å². The van der Waals surface area contributed by atoms with Crippen molar-refractivity contribution in [1.82, 2.24) is 20.2 Å². The Hall–Kier alpha value is -1.28. The minimum atomic E-state index is 0.697. The number of nitrogens with one attached hydrogen (secondary N) is 1. The van der Waals surface area contributed by atoms with E-state index in [2.05, 4.69) is 29.4 Å². The monoisotopic (exact) mass is 178 g/mol. The first-order valence-electron chi connectivity index (χ1n) is 3.43. The summed E-state index contributed by atoms with van der Waals surface area (Å²) in [4.78, 5) is 8.09. The fraction of sp³-hybridized carbons (Fsp3) is 0. The first kappa shape index (κ1) is 7.37. The molecular weight excluding hydrogens is 171 g/mol. The van der Waals surface area contributed by atoms with Crippen molar-refractivity contribution in [2.75, 3.05) is 0 Å². The molecular formula is C7H7N4P. The molecule has 0 saturated carbocycles. The molecule has 12 heavy (non-hydrogen) atoms. The zero-order valence-electron chi connectivity index (χ0n) is 6.23. The van der Waals surface area contributed by atoms with E-state index in [4.69, 9.17) is 0 Å². The molecule has 2 rings (SSSR count). The quantitative estimate of drug-likeness (QED) is 0.642. The van der Waals surface area contributed by atoms with Gasteiger partial charge >= 0.3 is 0 Å². The van der Waals surface area contributed by atoms with Crippen LogP contribution in [0, 0.1) is 0 Å². The highest BCUT2D eigenvalue weighted by atomic mass is 31.0. The molecule has 2 aromatic rings. The van der Waals surface area contributed by atoms with E-state index in [9.17, 15) is 0 Å². The van der Waals surface area contributed by atoms with Crippen LogP contribution >= 0.6 is 9.24 Å². The van der Waals surface area contributed by atoms with Crippen LogP contribution in [0.15, 0.2) is 24.8 Å². The molecule has 2 heterocycles. The lowest BCUT2D eigenvalue weighted by Crippen LogP contribution is -2.01. The van der Waals surface area contributed by atoms with Crippen molar-refractivity contribution in [2.45, 2.75) is 0 Å². The molecule has 1 unspecified atom stereocenters. The van der Waals surface area contributed by atoms with Crippen LogP contribution in [-0.2, 0) is 0 Å². The second-order valence-corrected chi connectivity index (χ2v) is 2.83. The summed E-state index contributed by atoms with van der Waals surface area (Å²) in [6, 6.07) is 0. The molecule has 5 heteroatoms. The predicted octanol–water partition coefficient (Wildman–Crippen LogP) is 0.367. The number of aromatic nitrogens is 4. The Morgan fingerprint density at radius 2 is 1.83 bits per heavy atom. The topological polar surface area (TPSA) is 54.5 Å². The summed E-state index contributed by atoms with van der Waals surface area (Å²) >= 11 is 0. The van der Waals surface area contributed by atoms with Gasteiger partial charge in [-0.1, -0.05) is 9.24 Å². The molecule has 0 radical (unpaired) electrons. The van der Waals surface area contributed by atoms with Crippen molar-refractivity contribution in [3.05, 3.63) is 24.8 Å². The fourth-order valence-electron chi connectivity index (χ4n) is 0.896. The molecule has 1 N–H and O–H groups in total. The van der Waals surface area contributed by atoms with Gasteiger partial charge in [-0.2, -0.15) is 5.10 Å². The number of rotatable bonds is 1. The Morgan fingerprint density at radius 3 is 2.42 bits per heavy atom. The Morgan fingerprint density at radius 1 is 1.08 bits per heavy atom. The lowest BCUT2D eigenvalue weighted by atomic mass is 10.2. The highest BCUT2D eigenvalue weighted by Crippen LogP contribution is 2.13. The molecule has 0 amide bonds. The third-order valence-corrected chi connectivity index (χ3v) is 1.80. The fourth-order valence-corrected chi connectivity index (χ4v) is 1.04. The van der Waals surface area contributed by atoms with Gasteiger partial charge in [0.1, 0.15) is 5.57 Å². The zero-order chi connectivity index (χ0) is 8.39. The summed E-state index contributed by atoms with van der Waals surface area (Å²) in [5.74, 6) is 0. The standard InChI is InChI=1S/C7H7N4P/c12-7-8-1-5(2-9-7)6-3-10-11-4-6/h1-4H,12H2,(H,10,11). The molecule has 2 aromatic heterocycles. The highest BCUT2D eigenvalue weighted by molar-refractivity contribution is 7.26. The minimum Gasteiger partial charge on any atom is -0.285 e. The molecule has 0 aliphatic rings. The van der Waals surface area contributed by atoms with Crippen molar-refractivity contribution in [1.29, 1.82) is 0 Å². The van der Waals surface area contributed by atoms with Crippen LogP contribution in [0.4, 0.5) is 0 Å². The molecule has 0 aliphatic carbocycles. The van der Waals surface area contributed by atoms with Crippen molar-refractivity contribution in [2.24, 2.45) is 0 Å². The van der Waals surface area contributed by atoms with Crippen LogP contribution < -0.4 is 5.57 Å². The first-order chi connectivity index (χ1) is 5.86. The van der Waals surface area contributed by atoms with Crippen LogP contribution in [0.25, 0.3) is 11.1 Å². The second-order valence-electron chi connectivity index (χ2n) is 2.32. The van der Waals surface area contributed by atoms with Gasteiger partial charge in [-0.15, -0.1) is 0 Å². The Balaban J connectivity index is 2.43. The van der Waals surface area contributed by atoms with Gasteiger partial charge in [-0.05, 0) is 0 Å². The Bertz CT molecular complexity index is 353.